The van der Waals surface area contributed by atoms with Crippen molar-refractivity contribution in [3.8, 4) is 0 Å². The van der Waals surface area contributed by atoms with E-state index in [2.05, 4.69) is 15.0 Å². The summed E-state index contributed by atoms with van der Waals surface area (Å²) >= 11 is 0. The van der Waals surface area contributed by atoms with E-state index in [4.69, 9.17) is 15.7 Å². The van der Waals surface area contributed by atoms with Crippen LogP contribution in [-0.2, 0) is 4.74 Å². The largest absolute Gasteiger partial charge is 0.409 e. The summed E-state index contributed by atoms with van der Waals surface area (Å²) in [6, 6.07) is 3.66. The molecule has 0 amide bonds. The first-order valence-electron chi connectivity index (χ1n) is 5.51. The Morgan fingerprint density at radius 3 is 3.06 bits per heavy atom. The molecule has 1 atom stereocenters. The summed E-state index contributed by atoms with van der Waals surface area (Å²) in [6.45, 7) is 4.48. The third-order valence-corrected chi connectivity index (χ3v) is 2.72. The first kappa shape index (κ1) is 11.7. The molecule has 92 valence electrons. The molecule has 3 N–H and O–H groups in total. The molecule has 1 aromatic heterocycles. The fraction of sp³-hybridized carbons (Fsp3) is 0.455. The second-order valence-electron chi connectivity index (χ2n) is 4.01. The zero-order chi connectivity index (χ0) is 12.3. The van der Waals surface area contributed by atoms with Gasteiger partial charge in [0.2, 0.25) is 0 Å². The van der Waals surface area contributed by atoms with Gasteiger partial charge >= 0.3 is 0 Å². The van der Waals surface area contributed by atoms with E-state index in [-0.39, 0.29) is 11.9 Å². The number of morpholine rings is 1. The van der Waals surface area contributed by atoms with Gasteiger partial charge in [-0.05, 0) is 19.1 Å². The molecule has 1 aliphatic heterocycles. The zero-order valence-corrected chi connectivity index (χ0v) is 9.71. The molecular formula is C11H16N4O2. The van der Waals surface area contributed by atoms with Crippen molar-refractivity contribution in [2.75, 3.05) is 24.6 Å². The van der Waals surface area contributed by atoms with Gasteiger partial charge in [0.1, 0.15) is 5.69 Å². The van der Waals surface area contributed by atoms with Crippen LogP contribution in [0.5, 0.6) is 0 Å². The smallest absolute Gasteiger partial charge is 0.188 e. The van der Waals surface area contributed by atoms with Crippen LogP contribution in [0.1, 0.15) is 12.6 Å². The molecule has 2 heterocycles. The van der Waals surface area contributed by atoms with Crippen LogP contribution >= 0.6 is 0 Å². The lowest BCUT2D eigenvalue weighted by molar-refractivity contribution is 0.0532. The molecule has 1 aliphatic rings. The van der Waals surface area contributed by atoms with Crippen LogP contribution < -0.4 is 10.6 Å². The summed E-state index contributed by atoms with van der Waals surface area (Å²) in [7, 11) is 0. The number of aromatic nitrogens is 1. The average molecular weight is 236 g/mol. The Bertz CT molecular complexity index is 404. The zero-order valence-electron chi connectivity index (χ0n) is 9.71. The van der Waals surface area contributed by atoms with Crippen molar-refractivity contribution >= 4 is 11.5 Å². The molecule has 1 aromatic rings. The maximum atomic E-state index is 8.54. The predicted octanol–water partition coefficient (Wildman–Crippen LogP) is 0.401. The lowest BCUT2D eigenvalue weighted by atomic mass is 10.2. The highest BCUT2D eigenvalue weighted by Crippen LogP contribution is 2.16. The number of ether oxygens (including phenoxy) is 1. The van der Waals surface area contributed by atoms with Gasteiger partial charge in [0, 0.05) is 13.1 Å². The van der Waals surface area contributed by atoms with Gasteiger partial charge in [-0.3, -0.25) is 4.98 Å². The Hall–Kier alpha value is -1.82. The quantitative estimate of drug-likeness (QED) is 0.336. The van der Waals surface area contributed by atoms with E-state index in [0.29, 0.717) is 5.69 Å². The molecule has 17 heavy (non-hydrogen) atoms. The van der Waals surface area contributed by atoms with Crippen LogP contribution in [0.2, 0.25) is 0 Å². The van der Waals surface area contributed by atoms with Crippen LogP contribution in [-0.4, -0.2) is 41.8 Å². The minimum atomic E-state index is 0.0203. The molecular weight excluding hydrogens is 220 g/mol. The molecule has 0 spiro atoms. The van der Waals surface area contributed by atoms with Crippen molar-refractivity contribution < 1.29 is 9.94 Å². The molecule has 1 unspecified atom stereocenters. The second-order valence-corrected chi connectivity index (χ2v) is 4.01. The monoisotopic (exact) mass is 236 g/mol. The minimum absolute atomic E-state index is 0.0203. The average Bonchev–Trinajstić information content (AvgIpc) is 2.38. The highest BCUT2D eigenvalue weighted by molar-refractivity contribution is 5.95. The first-order valence-corrected chi connectivity index (χ1v) is 5.51. The predicted molar refractivity (Wildman–Crippen MR) is 64.4 cm³/mol. The number of oxime groups is 1. The van der Waals surface area contributed by atoms with Crippen molar-refractivity contribution in [2.45, 2.75) is 13.0 Å². The normalized spacial score (nSPS) is 21.6. The number of pyridine rings is 1. The van der Waals surface area contributed by atoms with Gasteiger partial charge in [0.25, 0.3) is 0 Å². The summed E-state index contributed by atoms with van der Waals surface area (Å²) in [5, 5.41) is 11.4. The standard InChI is InChI=1S/C11H16N4O2/c1-8-7-15(4-5-17-8)9-2-3-10(13-6-9)11(12)14-16/h2-3,6,8,16H,4-5,7H2,1H3,(H2,12,14). The summed E-state index contributed by atoms with van der Waals surface area (Å²) in [5.74, 6) is 0.0203. The molecule has 0 bridgehead atoms. The lowest BCUT2D eigenvalue weighted by Gasteiger charge is -2.32. The van der Waals surface area contributed by atoms with Crippen molar-refractivity contribution in [3.05, 3.63) is 24.0 Å². The number of hydrogen-bond donors (Lipinski definition) is 2. The summed E-state index contributed by atoms with van der Waals surface area (Å²) in [5.41, 5.74) is 6.94. The Morgan fingerprint density at radius 2 is 2.47 bits per heavy atom. The van der Waals surface area contributed by atoms with Crippen LogP contribution in [0, 0.1) is 0 Å². The molecule has 0 saturated carbocycles. The second kappa shape index (κ2) is 5.01. The van der Waals surface area contributed by atoms with E-state index in [1.807, 2.05) is 13.0 Å². The van der Waals surface area contributed by atoms with E-state index in [1.165, 1.54) is 0 Å². The number of hydrogen-bond acceptors (Lipinski definition) is 5. The Balaban J connectivity index is 2.12. The van der Waals surface area contributed by atoms with Gasteiger partial charge in [-0.1, -0.05) is 5.16 Å². The first-order chi connectivity index (χ1) is 8.20. The van der Waals surface area contributed by atoms with Crippen molar-refractivity contribution in [1.82, 2.24) is 4.98 Å². The van der Waals surface area contributed by atoms with Crippen LogP contribution in [0.3, 0.4) is 0 Å². The maximum Gasteiger partial charge on any atom is 0.188 e. The summed E-state index contributed by atoms with van der Waals surface area (Å²) in [4.78, 5) is 6.36. The van der Waals surface area contributed by atoms with Gasteiger partial charge in [0.05, 0.1) is 24.6 Å². The molecule has 0 radical (unpaired) electrons. The van der Waals surface area contributed by atoms with Gasteiger partial charge in [-0.25, -0.2) is 0 Å². The molecule has 1 fully saturated rings. The fourth-order valence-electron chi connectivity index (χ4n) is 1.83. The molecule has 6 nitrogen and oxygen atoms in total. The minimum Gasteiger partial charge on any atom is -0.409 e. The highest BCUT2D eigenvalue weighted by atomic mass is 16.5. The fourth-order valence-corrected chi connectivity index (χ4v) is 1.83. The number of rotatable bonds is 2. The van der Waals surface area contributed by atoms with E-state index in [1.54, 1.807) is 12.3 Å². The molecule has 0 aliphatic carbocycles. The third kappa shape index (κ3) is 2.65. The lowest BCUT2D eigenvalue weighted by Crippen LogP contribution is -2.41. The van der Waals surface area contributed by atoms with E-state index >= 15 is 0 Å². The van der Waals surface area contributed by atoms with Gasteiger partial charge in [0.15, 0.2) is 5.84 Å². The molecule has 6 heteroatoms. The SMILES string of the molecule is CC1CN(c2ccc(/C(N)=N/O)nc2)CCO1. The molecule has 0 aromatic carbocycles. The Morgan fingerprint density at radius 1 is 1.65 bits per heavy atom. The highest BCUT2D eigenvalue weighted by Gasteiger charge is 2.17. The van der Waals surface area contributed by atoms with Crippen molar-refractivity contribution in [1.29, 1.82) is 0 Å². The van der Waals surface area contributed by atoms with Crippen LogP contribution in [0.4, 0.5) is 5.69 Å². The number of anilines is 1. The number of nitrogens with zero attached hydrogens (tertiary/aromatic N) is 3. The summed E-state index contributed by atoms with van der Waals surface area (Å²) < 4.78 is 5.47. The molecule has 1 saturated heterocycles. The summed E-state index contributed by atoms with van der Waals surface area (Å²) in [6.07, 6.45) is 1.96. The number of amidine groups is 1. The van der Waals surface area contributed by atoms with Gasteiger partial charge in [-0.15, -0.1) is 0 Å². The van der Waals surface area contributed by atoms with Crippen LogP contribution in [0.15, 0.2) is 23.5 Å². The third-order valence-electron chi connectivity index (χ3n) is 2.72. The van der Waals surface area contributed by atoms with Gasteiger partial charge in [-0.2, -0.15) is 0 Å². The Kier molecular flexibility index (Phi) is 3.43. The topological polar surface area (TPSA) is 84.0 Å². The van der Waals surface area contributed by atoms with Crippen molar-refractivity contribution in [3.63, 3.8) is 0 Å². The van der Waals surface area contributed by atoms with Gasteiger partial charge < -0.3 is 20.6 Å². The van der Waals surface area contributed by atoms with E-state index in [0.717, 1.165) is 25.4 Å². The maximum absolute atomic E-state index is 8.54. The van der Waals surface area contributed by atoms with Crippen LogP contribution in [0.25, 0.3) is 0 Å². The number of nitrogens with two attached hydrogens (primary N) is 1. The van der Waals surface area contributed by atoms with E-state index < -0.39 is 0 Å². The Labute approximate surface area is 99.7 Å². The molecule has 2 rings (SSSR count). The van der Waals surface area contributed by atoms with Crippen molar-refractivity contribution in [2.24, 2.45) is 10.9 Å². The van der Waals surface area contributed by atoms with E-state index in [9.17, 15) is 0 Å².